The van der Waals surface area contributed by atoms with E-state index >= 15 is 0 Å². The van der Waals surface area contributed by atoms with E-state index < -0.39 is 11.8 Å². The van der Waals surface area contributed by atoms with E-state index in [1.165, 1.54) is 37.6 Å². The third-order valence-corrected chi connectivity index (χ3v) is 3.14. The summed E-state index contributed by atoms with van der Waals surface area (Å²) in [6, 6.07) is 1.43. The maximum atomic E-state index is 14.7. The molecular formula is C16H15FN2O3. The summed E-state index contributed by atoms with van der Waals surface area (Å²) in [5.41, 5.74) is 0.355. The topological polar surface area (TPSA) is 63.8 Å². The maximum Gasteiger partial charge on any atom is 0.337 e. The van der Waals surface area contributed by atoms with Crippen LogP contribution in [0, 0.1) is 6.92 Å². The van der Waals surface area contributed by atoms with E-state index in [4.69, 9.17) is 4.74 Å². The highest BCUT2D eigenvalue weighted by Crippen LogP contribution is 2.27. The number of carboxylic acids is 1. The zero-order valence-electron chi connectivity index (χ0n) is 12.2. The van der Waals surface area contributed by atoms with Gasteiger partial charge in [-0.2, -0.15) is 0 Å². The molecule has 0 radical (unpaired) electrons. The summed E-state index contributed by atoms with van der Waals surface area (Å²) < 4.78 is 21.2. The number of imidazole rings is 1. The van der Waals surface area contributed by atoms with Crippen LogP contribution in [-0.2, 0) is 4.74 Å². The van der Waals surface area contributed by atoms with Gasteiger partial charge in [0.1, 0.15) is 5.82 Å². The molecule has 2 aromatic heterocycles. The number of hydrogen-bond acceptors (Lipinski definition) is 3. The summed E-state index contributed by atoms with van der Waals surface area (Å²) in [6.45, 7) is 5.23. The van der Waals surface area contributed by atoms with Gasteiger partial charge in [0, 0.05) is 11.8 Å². The van der Waals surface area contributed by atoms with Crippen molar-refractivity contribution in [2.75, 3.05) is 7.11 Å². The van der Waals surface area contributed by atoms with Crippen molar-refractivity contribution in [1.82, 2.24) is 9.38 Å². The van der Waals surface area contributed by atoms with Crippen LogP contribution in [-0.4, -0.2) is 27.6 Å². The first-order valence-electron chi connectivity index (χ1n) is 6.43. The van der Waals surface area contributed by atoms with E-state index in [1.54, 1.807) is 17.5 Å². The summed E-state index contributed by atoms with van der Waals surface area (Å²) in [5.74, 6) is -1.46. The Bertz CT molecular complexity index is 803. The van der Waals surface area contributed by atoms with E-state index in [9.17, 15) is 14.3 Å². The van der Waals surface area contributed by atoms with E-state index in [2.05, 4.69) is 11.6 Å². The molecule has 0 spiro atoms. The zero-order chi connectivity index (χ0) is 16.3. The first-order chi connectivity index (χ1) is 10.5. The average Bonchev–Trinajstić information content (AvgIpc) is 2.87. The van der Waals surface area contributed by atoms with Crippen molar-refractivity contribution in [2.45, 2.75) is 6.92 Å². The van der Waals surface area contributed by atoms with Gasteiger partial charge in [0.15, 0.2) is 11.6 Å². The second-order valence-corrected chi connectivity index (χ2v) is 4.48. The predicted octanol–water partition coefficient (Wildman–Crippen LogP) is 3.37. The molecule has 5 nitrogen and oxygen atoms in total. The Morgan fingerprint density at radius 2 is 2.23 bits per heavy atom. The molecule has 0 amide bonds. The smallest absolute Gasteiger partial charge is 0.337 e. The van der Waals surface area contributed by atoms with Gasteiger partial charge in [-0.25, -0.2) is 14.2 Å². The number of halogens is 1. The Labute approximate surface area is 126 Å². The number of carboxylic acid groups (broad SMARTS) is 1. The van der Waals surface area contributed by atoms with E-state index in [1.807, 2.05) is 0 Å². The molecule has 0 saturated carbocycles. The minimum atomic E-state index is -1.23. The summed E-state index contributed by atoms with van der Waals surface area (Å²) >= 11 is 0. The van der Waals surface area contributed by atoms with Gasteiger partial charge in [0.25, 0.3) is 0 Å². The van der Waals surface area contributed by atoms with Crippen LogP contribution in [0.3, 0.4) is 0 Å². The maximum absolute atomic E-state index is 14.7. The summed E-state index contributed by atoms with van der Waals surface area (Å²) in [6.07, 6.45) is 7.23. The SMILES string of the molecule is C=C/C=C\C(OC)=C(/F)c1cc2cnc(C)n2cc1C(=O)O. The van der Waals surface area contributed by atoms with Gasteiger partial charge in [-0.05, 0) is 19.1 Å². The molecule has 0 aromatic carbocycles. The molecule has 0 aliphatic heterocycles. The van der Waals surface area contributed by atoms with Crippen molar-refractivity contribution in [2.24, 2.45) is 0 Å². The highest BCUT2D eigenvalue weighted by molar-refractivity contribution is 5.94. The number of aryl methyl sites for hydroxylation is 1. The van der Waals surface area contributed by atoms with Gasteiger partial charge in [-0.1, -0.05) is 18.7 Å². The lowest BCUT2D eigenvalue weighted by Gasteiger charge is -2.09. The van der Waals surface area contributed by atoms with Crippen molar-refractivity contribution in [3.63, 3.8) is 0 Å². The molecule has 2 rings (SSSR count). The molecule has 0 aliphatic rings. The number of hydrogen-bond donors (Lipinski definition) is 1. The Morgan fingerprint density at radius 3 is 2.82 bits per heavy atom. The lowest BCUT2D eigenvalue weighted by atomic mass is 10.1. The molecule has 0 atom stereocenters. The van der Waals surface area contributed by atoms with E-state index in [0.717, 1.165) is 0 Å². The van der Waals surface area contributed by atoms with E-state index in [-0.39, 0.29) is 16.9 Å². The van der Waals surface area contributed by atoms with Gasteiger partial charge in [-0.3, -0.25) is 0 Å². The van der Waals surface area contributed by atoms with Gasteiger partial charge in [-0.15, -0.1) is 0 Å². The fourth-order valence-corrected chi connectivity index (χ4v) is 2.04. The van der Waals surface area contributed by atoms with Crippen molar-refractivity contribution < 1.29 is 19.0 Å². The fourth-order valence-electron chi connectivity index (χ4n) is 2.04. The lowest BCUT2D eigenvalue weighted by molar-refractivity contribution is 0.0695. The molecule has 6 heteroatoms. The molecule has 0 aliphatic carbocycles. The van der Waals surface area contributed by atoms with Crippen LogP contribution in [0.2, 0.25) is 0 Å². The number of aromatic nitrogens is 2. The Morgan fingerprint density at radius 1 is 1.50 bits per heavy atom. The highest BCUT2D eigenvalue weighted by Gasteiger charge is 2.19. The summed E-state index contributed by atoms with van der Waals surface area (Å²) in [7, 11) is 1.31. The van der Waals surface area contributed by atoms with Crippen LogP contribution in [0.4, 0.5) is 4.39 Å². The van der Waals surface area contributed by atoms with Crippen molar-refractivity contribution in [3.8, 4) is 0 Å². The molecular weight excluding hydrogens is 287 g/mol. The van der Waals surface area contributed by atoms with Crippen LogP contribution in [0.5, 0.6) is 0 Å². The quantitative estimate of drug-likeness (QED) is 0.679. The molecule has 1 N–H and O–H groups in total. The molecule has 0 fully saturated rings. The minimum Gasteiger partial charge on any atom is -0.494 e. The van der Waals surface area contributed by atoms with Crippen molar-refractivity contribution in [3.05, 3.63) is 66.0 Å². The van der Waals surface area contributed by atoms with Gasteiger partial charge in [0.2, 0.25) is 0 Å². The largest absolute Gasteiger partial charge is 0.494 e. The number of methoxy groups -OCH3 is 1. The monoisotopic (exact) mass is 302 g/mol. The van der Waals surface area contributed by atoms with Gasteiger partial charge in [0.05, 0.1) is 24.4 Å². The normalized spacial score (nSPS) is 12.5. The highest BCUT2D eigenvalue weighted by atomic mass is 19.1. The number of ether oxygens (including phenoxy) is 1. The Kier molecular flexibility index (Phi) is 4.41. The summed E-state index contributed by atoms with van der Waals surface area (Å²) in [5, 5.41) is 9.33. The number of allylic oxidation sites excluding steroid dienone is 3. The second-order valence-electron chi connectivity index (χ2n) is 4.48. The number of carbonyl (C=O) groups is 1. The number of pyridine rings is 1. The summed E-state index contributed by atoms with van der Waals surface area (Å²) in [4.78, 5) is 15.5. The first kappa shape index (κ1) is 15.5. The van der Waals surface area contributed by atoms with Crippen molar-refractivity contribution in [1.29, 1.82) is 0 Å². The molecule has 2 heterocycles. The molecule has 0 saturated heterocycles. The Balaban J connectivity index is 2.74. The van der Waals surface area contributed by atoms with Gasteiger partial charge < -0.3 is 14.2 Å². The van der Waals surface area contributed by atoms with Crippen LogP contribution < -0.4 is 0 Å². The van der Waals surface area contributed by atoms with Crippen molar-refractivity contribution >= 4 is 17.3 Å². The number of fused-ring (bicyclic) bond motifs is 1. The van der Waals surface area contributed by atoms with Crippen LogP contribution in [0.25, 0.3) is 11.3 Å². The Hall–Kier alpha value is -2.89. The van der Waals surface area contributed by atoms with Crippen LogP contribution in [0.1, 0.15) is 21.7 Å². The van der Waals surface area contributed by atoms with E-state index in [0.29, 0.717) is 11.3 Å². The minimum absolute atomic E-state index is 0.0644. The molecule has 0 bridgehead atoms. The standard InChI is InChI=1S/C16H15FN2O3/c1-4-5-6-14(22-3)15(17)12-7-11-8-18-10(2)19(11)9-13(12)16(20)21/h4-9H,1H2,2-3H3,(H,20,21)/b6-5-,15-14+. The fraction of sp³-hybridized carbons (Fsp3) is 0.125. The zero-order valence-corrected chi connectivity index (χ0v) is 12.2. The third-order valence-electron chi connectivity index (χ3n) is 3.14. The number of rotatable bonds is 5. The first-order valence-corrected chi connectivity index (χ1v) is 6.43. The predicted molar refractivity (Wildman–Crippen MR) is 81.3 cm³/mol. The second kappa shape index (κ2) is 6.26. The molecule has 114 valence electrons. The third kappa shape index (κ3) is 2.76. The lowest BCUT2D eigenvalue weighted by Crippen LogP contribution is -2.05. The number of aromatic carboxylic acids is 1. The number of nitrogens with zero attached hydrogens (tertiary/aromatic N) is 2. The van der Waals surface area contributed by atoms with Gasteiger partial charge >= 0.3 is 5.97 Å². The average molecular weight is 302 g/mol. The molecule has 0 unspecified atom stereocenters. The van der Waals surface area contributed by atoms with Crippen LogP contribution in [0.15, 0.2) is 49.0 Å². The molecule has 22 heavy (non-hydrogen) atoms. The molecule has 2 aromatic rings. The van der Waals surface area contributed by atoms with Crippen LogP contribution >= 0.6 is 0 Å².